The summed E-state index contributed by atoms with van der Waals surface area (Å²) >= 11 is 0. The molecule has 1 aromatic carbocycles. The van der Waals surface area contributed by atoms with E-state index in [2.05, 4.69) is 29.1 Å². The zero-order valence-electron chi connectivity index (χ0n) is 16.3. The lowest BCUT2D eigenvalue weighted by atomic mass is 10.1. The van der Waals surface area contributed by atoms with Gasteiger partial charge in [0.25, 0.3) is 5.91 Å². The van der Waals surface area contributed by atoms with Gasteiger partial charge in [-0.1, -0.05) is 32.0 Å². The first-order chi connectivity index (χ1) is 14.1. The van der Waals surface area contributed by atoms with Gasteiger partial charge in [-0.3, -0.25) is 9.20 Å². The molecule has 0 spiro atoms. The molecular formula is C22H22N6O. The number of imidazole rings is 1. The van der Waals surface area contributed by atoms with Gasteiger partial charge in [0.15, 0.2) is 0 Å². The van der Waals surface area contributed by atoms with Crippen LogP contribution in [0.15, 0.2) is 61.1 Å². The minimum absolute atomic E-state index is 0.216. The Bertz CT molecular complexity index is 1150. The third kappa shape index (κ3) is 3.54. The highest BCUT2D eigenvalue weighted by Gasteiger charge is 2.19. The van der Waals surface area contributed by atoms with Gasteiger partial charge in [0, 0.05) is 35.6 Å². The number of aromatic nitrogens is 4. The standard InChI is InChI=1S/C22H22N6O/c1-3-14(2)21-27-18(19-20(23)25-12-13-28(19)21)15-7-9-16(10-8-15)22(29)26-17-6-4-5-11-24-17/h4-14H,3H2,1-2H3,(H2,23,25)(H,24,26,29)/t14-/m1/s1. The number of hydrogen-bond acceptors (Lipinski definition) is 5. The molecule has 7 heteroatoms. The first-order valence-electron chi connectivity index (χ1n) is 9.53. The maximum atomic E-state index is 12.5. The van der Waals surface area contributed by atoms with Crippen LogP contribution in [-0.2, 0) is 0 Å². The summed E-state index contributed by atoms with van der Waals surface area (Å²) in [4.78, 5) is 25.7. The molecule has 1 atom stereocenters. The van der Waals surface area contributed by atoms with E-state index in [1.165, 1.54) is 0 Å². The van der Waals surface area contributed by atoms with Crippen molar-refractivity contribution in [2.24, 2.45) is 0 Å². The molecule has 1 amide bonds. The van der Waals surface area contributed by atoms with Gasteiger partial charge in [0.2, 0.25) is 0 Å². The molecule has 0 radical (unpaired) electrons. The lowest BCUT2D eigenvalue weighted by Crippen LogP contribution is -2.12. The highest BCUT2D eigenvalue weighted by Crippen LogP contribution is 2.31. The molecule has 7 nitrogen and oxygen atoms in total. The summed E-state index contributed by atoms with van der Waals surface area (Å²) in [5.74, 6) is 1.96. The highest BCUT2D eigenvalue weighted by molar-refractivity contribution is 6.04. The first kappa shape index (κ1) is 18.6. The van der Waals surface area contributed by atoms with E-state index < -0.39 is 0 Å². The van der Waals surface area contributed by atoms with Gasteiger partial charge >= 0.3 is 0 Å². The molecule has 4 rings (SSSR count). The van der Waals surface area contributed by atoms with Crippen LogP contribution in [0.1, 0.15) is 42.4 Å². The number of benzene rings is 1. The molecule has 3 N–H and O–H groups in total. The number of rotatable bonds is 5. The molecule has 29 heavy (non-hydrogen) atoms. The molecule has 0 saturated heterocycles. The Morgan fingerprint density at radius 2 is 1.93 bits per heavy atom. The average molecular weight is 386 g/mol. The van der Waals surface area contributed by atoms with Crippen LogP contribution < -0.4 is 11.1 Å². The normalized spacial score (nSPS) is 12.1. The van der Waals surface area contributed by atoms with Gasteiger partial charge in [0.1, 0.15) is 28.7 Å². The predicted octanol–water partition coefficient (Wildman–Crippen LogP) is 4.14. The number of hydrogen-bond donors (Lipinski definition) is 2. The van der Waals surface area contributed by atoms with Crippen molar-refractivity contribution in [2.75, 3.05) is 11.1 Å². The van der Waals surface area contributed by atoms with E-state index in [0.29, 0.717) is 17.2 Å². The summed E-state index contributed by atoms with van der Waals surface area (Å²) in [5.41, 5.74) is 9.14. The molecule has 4 aromatic rings. The lowest BCUT2D eigenvalue weighted by Gasteiger charge is -2.07. The van der Waals surface area contributed by atoms with Crippen molar-refractivity contribution in [1.82, 2.24) is 19.4 Å². The Kier molecular flexibility index (Phi) is 4.95. The van der Waals surface area contributed by atoms with E-state index in [0.717, 1.165) is 29.0 Å². The van der Waals surface area contributed by atoms with E-state index in [1.807, 2.05) is 28.8 Å². The molecule has 0 fully saturated rings. The highest BCUT2D eigenvalue weighted by atomic mass is 16.1. The molecule has 0 saturated carbocycles. The second-order valence-electron chi connectivity index (χ2n) is 6.91. The minimum atomic E-state index is -0.216. The molecule has 0 unspecified atom stereocenters. The maximum absolute atomic E-state index is 12.5. The van der Waals surface area contributed by atoms with Crippen molar-refractivity contribution in [3.63, 3.8) is 0 Å². The fourth-order valence-electron chi connectivity index (χ4n) is 3.22. The zero-order chi connectivity index (χ0) is 20.4. The van der Waals surface area contributed by atoms with Crippen molar-refractivity contribution in [1.29, 1.82) is 0 Å². The van der Waals surface area contributed by atoms with Crippen molar-refractivity contribution >= 4 is 23.1 Å². The monoisotopic (exact) mass is 386 g/mol. The Balaban J connectivity index is 1.69. The number of nitrogens with one attached hydrogen (secondary N) is 1. The molecular weight excluding hydrogens is 364 g/mol. The Morgan fingerprint density at radius 1 is 1.14 bits per heavy atom. The second kappa shape index (κ2) is 7.71. The maximum Gasteiger partial charge on any atom is 0.256 e. The zero-order valence-corrected chi connectivity index (χ0v) is 16.3. The smallest absolute Gasteiger partial charge is 0.256 e. The fraction of sp³-hybridized carbons (Fsp3) is 0.182. The van der Waals surface area contributed by atoms with E-state index >= 15 is 0 Å². The van der Waals surface area contributed by atoms with Crippen molar-refractivity contribution < 1.29 is 4.79 Å². The number of nitrogens with zero attached hydrogens (tertiary/aromatic N) is 4. The number of nitrogen functional groups attached to an aromatic ring is 1. The van der Waals surface area contributed by atoms with E-state index in [-0.39, 0.29) is 11.8 Å². The van der Waals surface area contributed by atoms with Crippen LogP contribution in [0.4, 0.5) is 11.6 Å². The van der Waals surface area contributed by atoms with Crippen LogP contribution in [0, 0.1) is 0 Å². The number of anilines is 2. The largest absolute Gasteiger partial charge is 0.382 e. The predicted molar refractivity (Wildman–Crippen MR) is 114 cm³/mol. The van der Waals surface area contributed by atoms with E-state index in [9.17, 15) is 4.79 Å². The Labute approximate surface area is 168 Å². The topological polar surface area (TPSA) is 98.2 Å². The van der Waals surface area contributed by atoms with Crippen molar-refractivity contribution in [3.05, 3.63) is 72.4 Å². The second-order valence-corrected chi connectivity index (χ2v) is 6.91. The number of carbonyl (C=O) groups is 1. The number of pyridine rings is 1. The van der Waals surface area contributed by atoms with Gasteiger partial charge in [0.05, 0.1) is 0 Å². The summed E-state index contributed by atoms with van der Waals surface area (Å²) in [6, 6.07) is 12.7. The number of fused-ring (bicyclic) bond motifs is 1. The van der Waals surface area contributed by atoms with Crippen LogP contribution in [0.5, 0.6) is 0 Å². The van der Waals surface area contributed by atoms with Crippen molar-refractivity contribution in [3.8, 4) is 11.3 Å². The molecule has 3 aromatic heterocycles. The third-order valence-corrected chi connectivity index (χ3v) is 4.99. The first-order valence-corrected chi connectivity index (χ1v) is 9.53. The van der Waals surface area contributed by atoms with Crippen LogP contribution in [-0.4, -0.2) is 25.3 Å². The summed E-state index contributed by atoms with van der Waals surface area (Å²) in [6.07, 6.45) is 6.17. The van der Waals surface area contributed by atoms with E-state index in [1.54, 1.807) is 36.7 Å². The average Bonchev–Trinajstić information content (AvgIpc) is 3.15. The van der Waals surface area contributed by atoms with Crippen LogP contribution in [0.2, 0.25) is 0 Å². The number of nitrogens with two attached hydrogens (primary N) is 1. The summed E-state index contributed by atoms with van der Waals surface area (Å²) in [6.45, 7) is 4.27. The fourth-order valence-corrected chi connectivity index (χ4v) is 3.22. The molecule has 146 valence electrons. The van der Waals surface area contributed by atoms with Crippen molar-refractivity contribution in [2.45, 2.75) is 26.2 Å². The molecule has 0 aliphatic rings. The third-order valence-electron chi connectivity index (χ3n) is 4.99. The SMILES string of the molecule is CC[C@@H](C)c1nc(-c2ccc(C(=O)Nc3ccccn3)cc2)c2c(N)nccn12. The van der Waals surface area contributed by atoms with Gasteiger partial charge < -0.3 is 11.1 Å². The minimum Gasteiger partial charge on any atom is -0.382 e. The summed E-state index contributed by atoms with van der Waals surface area (Å²) in [5, 5.41) is 2.78. The number of amides is 1. The van der Waals surface area contributed by atoms with Gasteiger partial charge in [-0.05, 0) is 30.7 Å². The Morgan fingerprint density at radius 3 is 2.62 bits per heavy atom. The molecule has 0 bridgehead atoms. The van der Waals surface area contributed by atoms with Crippen LogP contribution in [0.3, 0.4) is 0 Å². The van der Waals surface area contributed by atoms with E-state index in [4.69, 9.17) is 10.7 Å². The summed E-state index contributed by atoms with van der Waals surface area (Å²) < 4.78 is 2.01. The van der Waals surface area contributed by atoms with Crippen LogP contribution in [0.25, 0.3) is 16.8 Å². The lowest BCUT2D eigenvalue weighted by molar-refractivity contribution is 0.102. The van der Waals surface area contributed by atoms with Gasteiger partial charge in [-0.15, -0.1) is 0 Å². The van der Waals surface area contributed by atoms with Crippen LogP contribution >= 0.6 is 0 Å². The Hall–Kier alpha value is -3.74. The summed E-state index contributed by atoms with van der Waals surface area (Å²) in [7, 11) is 0. The molecule has 0 aliphatic carbocycles. The molecule has 3 heterocycles. The number of carbonyl (C=O) groups excluding carboxylic acids is 1. The van der Waals surface area contributed by atoms with Gasteiger partial charge in [-0.2, -0.15) is 0 Å². The van der Waals surface area contributed by atoms with Gasteiger partial charge in [-0.25, -0.2) is 15.0 Å². The quantitative estimate of drug-likeness (QED) is 0.537. The molecule has 0 aliphatic heterocycles.